The van der Waals surface area contributed by atoms with E-state index >= 15 is 0 Å². The third-order valence-electron chi connectivity index (χ3n) is 2.48. The van der Waals surface area contributed by atoms with Gasteiger partial charge in [0, 0.05) is 18.8 Å². The van der Waals surface area contributed by atoms with Gasteiger partial charge < -0.3 is 10.6 Å². The number of hydrogen-bond donors (Lipinski definition) is 1. The lowest BCUT2D eigenvalue weighted by Gasteiger charge is -2.02. The molecule has 0 aromatic heterocycles. The van der Waals surface area contributed by atoms with E-state index in [2.05, 4.69) is 35.7 Å². The van der Waals surface area contributed by atoms with Crippen LogP contribution in [0.15, 0.2) is 42.6 Å². The second-order valence-electron chi connectivity index (χ2n) is 3.36. The van der Waals surface area contributed by atoms with Gasteiger partial charge in [0.25, 0.3) is 0 Å². The van der Waals surface area contributed by atoms with Crippen molar-refractivity contribution < 1.29 is 0 Å². The highest BCUT2D eigenvalue weighted by molar-refractivity contribution is 5.27. The van der Waals surface area contributed by atoms with Crippen LogP contribution in [0.3, 0.4) is 0 Å². The molecule has 1 aromatic carbocycles. The fourth-order valence-corrected chi connectivity index (χ4v) is 1.59. The maximum atomic E-state index is 5.57. The Hall–Kier alpha value is -1.28. The zero-order chi connectivity index (χ0) is 9.26. The first-order chi connectivity index (χ1) is 6.33. The Bertz CT molecular complexity index is 305. The molecule has 1 atom stereocenters. The molecular weight excluding hydrogens is 160 g/mol. The van der Waals surface area contributed by atoms with Crippen LogP contribution in [0.5, 0.6) is 0 Å². The van der Waals surface area contributed by atoms with Gasteiger partial charge in [0.2, 0.25) is 0 Å². The average molecular weight is 174 g/mol. The summed E-state index contributed by atoms with van der Waals surface area (Å²) in [5.74, 6) is 0. The summed E-state index contributed by atoms with van der Waals surface area (Å²) in [7, 11) is 0. The van der Waals surface area contributed by atoms with Gasteiger partial charge in [0.15, 0.2) is 0 Å². The Morgan fingerprint density at radius 3 is 2.54 bits per heavy atom. The molecule has 0 aliphatic carbocycles. The van der Waals surface area contributed by atoms with E-state index in [1.807, 2.05) is 6.07 Å². The van der Waals surface area contributed by atoms with Gasteiger partial charge in [-0.2, -0.15) is 0 Å². The Kier molecular flexibility index (Phi) is 2.07. The minimum atomic E-state index is 0.417. The summed E-state index contributed by atoms with van der Waals surface area (Å²) >= 11 is 0. The highest BCUT2D eigenvalue weighted by Crippen LogP contribution is 2.31. The molecule has 1 heterocycles. The van der Waals surface area contributed by atoms with E-state index in [1.54, 1.807) is 0 Å². The Labute approximate surface area is 78.7 Å². The van der Waals surface area contributed by atoms with E-state index in [0.29, 0.717) is 12.6 Å². The maximum absolute atomic E-state index is 5.57. The second-order valence-corrected chi connectivity index (χ2v) is 3.36. The molecule has 0 saturated carbocycles. The summed E-state index contributed by atoms with van der Waals surface area (Å²) in [5, 5.41) is 0. The third kappa shape index (κ3) is 1.58. The summed E-state index contributed by atoms with van der Waals surface area (Å²) < 4.78 is 0. The fraction of sp³-hybridized carbons (Fsp3) is 0.273. The third-order valence-corrected chi connectivity index (χ3v) is 2.48. The highest BCUT2D eigenvalue weighted by Gasteiger charge is 2.36. The zero-order valence-corrected chi connectivity index (χ0v) is 7.61. The fourth-order valence-electron chi connectivity index (χ4n) is 1.59. The van der Waals surface area contributed by atoms with Crippen LogP contribution in [0.25, 0.3) is 0 Å². The molecule has 1 saturated heterocycles. The Balaban J connectivity index is 1.98. The van der Waals surface area contributed by atoms with Gasteiger partial charge in [0.1, 0.15) is 0 Å². The predicted molar refractivity (Wildman–Crippen MR) is 54.0 cm³/mol. The number of rotatable bonds is 3. The van der Waals surface area contributed by atoms with Crippen molar-refractivity contribution in [2.24, 2.45) is 5.73 Å². The van der Waals surface area contributed by atoms with Crippen LogP contribution in [0, 0.1) is 0 Å². The molecule has 2 rings (SSSR count). The number of nitrogens with zero attached hydrogens (tertiary/aromatic N) is 1. The molecule has 1 aliphatic rings. The quantitative estimate of drug-likeness (QED) is 0.701. The number of nitrogens with two attached hydrogens (primary N) is 1. The molecule has 2 heteroatoms. The second kappa shape index (κ2) is 3.23. The molecule has 1 aromatic rings. The molecule has 1 aliphatic heterocycles. The SMILES string of the molecule is C=C1C(CN)N1Cc1ccccc1. The molecule has 2 N–H and O–H groups in total. The lowest BCUT2D eigenvalue weighted by atomic mass is 10.2. The molecule has 68 valence electrons. The first-order valence-corrected chi connectivity index (χ1v) is 4.52. The molecule has 0 amide bonds. The van der Waals surface area contributed by atoms with Gasteiger partial charge >= 0.3 is 0 Å². The van der Waals surface area contributed by atoms with Crippen LogP contribution in [0.4, 0.5) is 0 Å². The van der Waals surface area contributed by atoms with Gasteiger partial charge in [-0.15, -0.1) is 0 Å². The van der Waals surface area contributed by atoms with Gasteiger partial charge in [-0.05, 0) is 5.56 Å². The Morgan fingerprint density at radius 1 is 1.31 bits per heavy atom. The normalized spacial score (nSPS) is 20.5. The van der Waals surface area contributed by atoms with Crippen LogP contribution >= 0.6 is 0 Å². The largest absolute Gasteiger partial charge is 0.359 e. The topological polar surface area (TPSA) is 29.0 Å². The summed E-state index contributed by atoms with van der Waals surface area (Å²) in [4.78, 5) is 2.23. The molecule has 13 heavy (non-hydrogen) atoms. The van der Waals surface area contributed by atoms with E-state index in [4.69, 9.17) is 5.73 Å². The molecule has 1 unspecified atom stereocenters. The van der Waals surface area contributed by atoms with Gasteiger partial charge in [-0.1, -0.05) is 36.9 Å². The van der Waals surface area contributed by atoms with Crippen molar-refractivity contribution in [1.29, 1.82) is 0 Å². The summed E-state index contributed by atoms with van der Waals surface area (Å²) in [6.07, 6.45) is 0. The molecule has 0 bridgehead atoms. The van der Waals surface area contributed by atoms with Crippen molar-refractivity contribution >= 4 is 0 Å². The van der Waals surface area contributed by atoms with Crippen LogP contribution in [0.1, 0.15) is 5.56 Å². The number of hydrogen-bond acceptors (Lipinski definition) is 2. The smallest absolute Gasteiger partial charge is 0.0807 e. The highest BCUT2D eigenvalue weighted by atomic mass is 15.3. The molecular formula is C11H14N2. The average Bonchev–Trinajstić information content (AvgIpc) is 2.78. The van der Waals surface area contributed by atoms with Crippen LogP contribution < -0.4 is 5.73 Å². The van der Waals surface area contributed by atoms with E-state index in [9.17, 15) is 0 Å². The summed E-state index contributed by atoms with van der Waals surface area (Å²) in [5.41, 5.74) is 8.06. The standard InChI is InChI=1S/C11H14N2/c1-9-11(7-12)13(9)8-10-5-3-2-4-6-10/h2-6,11H,1,7-8,12H2. The van der Waals surface area contributed by atoms with E-state index < -0.39 is 0 Å². The number of benzene rings is 1. The van der Waals surface area contributed by atoms with Crippen LogP contribution in [-0.4, -0.2) is 17.5 Å². The monoisotopic (exact) mass is 174 g/mol. The van der Waals surface area contributed by atoms with Crippen molar-refractivity contribution in [1.82, 2.24) is 4.90 Å². The Morgan fingerprint density at radius 2 is 2.00 bits per heavy atom. The molecule has 1 fully saturated rings. The molecule has 0 radical (unpaired) electrons. The van der Waals surface area contributed by atoms with Crippen molar-refractivity contribution in [2.45, 2.75) is 12.6 Å². The van der Waals surface area contributed by atoms with Crippen molar-refractivity contribution in [3.05, 3.63) is 48.2 Å². The van der Waals surface area contributed by atoms with Crippen LogP contribution in [-0.2, 0) is 6.54 Å². The summed E-state index contributed by atoms with van der Waals surface area (Å²) in [6.45, 7) is 5.57. The molecule has 0 spiro atoms. The minimum absolute atomic E-state index is 0.417. The van der Waals surface area contributed by atoms with E-state index in [1.165, 1.54) is 11.3 Å². The first kappa shape index (κ1) is 8.32. The van der Waals surface area contributed by atoms with Crippen molar-refractivity contribution in [3.63, 3.8) is 0 Å². The lowest BCUT2D eigenvalue weighted by Crippen LogP contribution is -2.12. The van der Waals surface area contributed by atoms with Crippen molar-refractivity contribution in [3.8, 4) is 0 Å². The zero-order valence-electron chi connectivity index (χ0n) is 7.61. The van der Waals surface area contributed by atoms with Gasteiger partial charge in [0.05, 0.1) is 6.04 Å². The van der Waals surface area contributed by atoms with E-state index in [0.717, 1.165) is 6.54 Å². The lowest BCUT2D eigenvalue weighted by molar-refractivity contribution is 0.517. The van der Waals surface area contributed by atoms with Gasteiger partial charge in [-0.3, -0.25) is 0 Å². The predicted octanol–water partition coefficient (Wildman–Crippen LogP) is 1.34. The maximum Gasteiger partial charge on any atom is 0.0807 e. The summed E-state index contributed by atoms with van der Waals surface area (Å²) in [6, 6.07) is 10.8. The minimum Gasteiger partial charge on any atom is -0.359 e. The first-order valence-electron chi connectivity index (χ1n) is 4.52. The van der Waals surface area contributed by atoms with Gasteiger partial charge in [-0.25, -0.2) is 0 Å². The molecule has 2 nitrogen and oxygen atoms in total. The van der Waals surface area contributed by atoms with E-state index in [-0.39, 0.29) is 0 Å². The van der Waals surface area contributed by atoms with Crippen molar-refractivity contribution in [2.75, 3.05) is 6.54 Å². The van der Waals surface area contributed by atoms with Crippen LogP contribution in [0.2, 0.25) is 0 Å².